The molecule has 1 unspecified atom stereocenters. The number of carboxylic acids is 1. The summed E-state index contributed by atoms with van der Waals surface area (Å²) >= 11 is 1.84. The number of nitrogens with zero attached hydrogens (tertiary/aromatic N) is 1. The van der Waals surface area contributed by atoms with E-state index in [1.165, 1.54) is 5.56 Å². The lowest BCUT2D eigenvalue weighted by molar-refractivity contribution is -0.138. The molecule has 20 heavy (non-hydrogen) atoms. The maximum Gasteiger partial charge on any atom is 0.304 e. The van der Waals surface area contributed by atoms with Gasteiger partial charge in [0.2, 0.25) is 0 Å². The van der Waals surface area contributed by atoms with Crippen molar-refractivity contribution in [3.8, 4) is 5.75 Å². The number of methoxy groups -OCH3 is 1. The average molecular weight is 295 g/mol. The first kappa shape index (κ1) is 15.2. The Balaban J connectivity index is 2.13. The van der Waals surface area contributed by atoms with Gasteiger partial charge in [0.05, 0.1) is 13.5 Å². The fourth-order valence-electron chi connectivity index (χ4n) is 2.54. The zero-order chi connectivity index (χ0) is 14.5. The van der Waals surface area contributed by atoms with Crippen LogP contribution in [0.15, 0.2) is 18.2 Å². The van der Waals surface area contributed by atoms with Crippen LogP contribution in [0.1, 0.15) is 17.5 Å². The summed E-state index contributed by atoms with van der Waals surface area (Å²) < 4.78 is 5.41. The molecule has 0 spiro atoms. The topological polar surface area (TPSA) is 49.8 Å². The van der Waals surface area contributed by atoms with E-state index < -0.39 is 5.97 Å². The predicted octanol–water partition coefficient (Wildman–Crippen LogP) is 2.40. The number of hydrogen-bond donors (Lipinski definition) is 1. The Labute approximate surface area is 124 Å². The van der Waals surface area contributed by atoms with Crippen LogP contribution >= 0.6 is 11.8 Å². The van der Waals surface area contributed by atoms with Gasteiger partial charge >= 0.3 is 5.97 Å². The molecule has 1 aliphatic heterocycles. The highest BCUT2D eigenvalue weighted by Crippen LogP contribution is 2.26. The lowest BCUT2D eigenvalue weighted by Gasteiger charge is -2.34. The van der Waals surface area contributed by atoms with Crippen molar-refractivity contribution in [2.75, 3.05) is 25.2 Å². The monoisotopic (exact) mass is 295 g/mol. The zero-order valence-corrected chi connectivity index (χ0v) is 12.8. The highest BCUT2D eigenvalue weighted by Gasteiger charge is 2.25. The molecule has 1 aromatic rings. The van der Waals surface area contributed by atoms with Gasteiger partial charge in [0.15, 0.2) is 0 Å². The van der Waals surface area contributed by atoms with Gasteiger partial charge in [0.25, 0.3) is 0 Å². The highest BCUT2D eigenvalue weighted by molar-refractivity contribution is 7.99. The van der Waals surface area contributed by atoms with Gasteiger partial charge in [-0.15, -0.1) is 0 Å². The molecular weight excluding hydrogens is 274 g/mol. The van der Waals surface area contributed by atoms with E-state index >= 15 is 0 Å². The molecule has 1 heterocycles. The summed E-state index contributed by atoms with van der Waals surface area (Å²) in [5.74, 6) is 2.10. The molecule has 0 saturated carbocycles. The van der Waals surface area contributed by atoms with Gasteiger partial charge in [0.1, 0.15) is 5.75 Å². The molecule has 4 nitrogen and oxygen atoms in total. The predicted molar refractivity (Wildman–Crippen MR) is 81.5 cm³/mol. The van der Waals surface area contributed by atoms with Gasteiger partial charge in [-0.05, 0) is 13.0 Å². The normalized spacial score (nSPS) is 19.8. The molecule has 110 valence electrons. The number of aryl methyl sites for hydroxylation is 1. The van der Waals surface area contributed by atoms with Crippen LogP contribution in [-0.2, 0) is 11.3 Å². The van der Waals surface area contributed by atoms with Gasteiger partial charge in [-0.25, -0.2) is 0 Å². The fourth-order valence-corrected chi connectivity index (χ4v) is 3.67. The number of carbonyl (C=O) groups is 1. The molecule has 5 heteroatoms. The molecule has 1 atom stereocenters. The maximum atomic E-state index is 11.0. The molecule has 1 N–H and O–H groups in total. The van der Waals surface area contributed by atoms with E-state index in [2.05, 4.69) is 17.9 Å². The van der Waals surface area contributed by atoms with Gasteiger partial charge in [0, 0.05) is 36.2 Å². The molecule has 0 radical (unpaired) electrons. The summed E-state index contributed by atoms with van der Waals surface area (Å²) in [6, 6.07) is 6.24. The van der Waals surface area contributed by atoms with Crippen molar-refractivity contribution < 1.29 is 14.6 Å². The second-order valence-corrected chi connectivity index (χ2v) is 6.26. The Morgan fingerprint density at radius 3 is 3.05 bits per heavy atom. The van der Waals surface area contributed by atoms with Crippen molar-refractivity contribution in [3.63, 3.8) is 0 Å². The third-order valence-corrected chi connectivity index (χ3v) is 4.66. The van der Waals surface area contributed by atoms with Crippen molar-refractivity contribution in [2.24, 2.45) is 0 Å². The number of ether oxygens (including phenoxy) is 1. The van der Waals surface area contributed by atoms with Crippen LogP contribution in [0.2, 0.25) is 0 Å². The number of carboxylic acid groups (broad SMARTS) is 1. The molecule has 1 aromatic carbocycles. The minimum atomic E-state index is -0.723. The molecule has 0 bridgehead atoms. The average Bonchev–Trinajstić information content (AvgIpc) is 2.41. The Bertz CT molecular complexity index is 478. The minimum Gasteiger partial charge on any atom is -0.496 e. The van der Waals surface area contributed by atoms with Crippen LogP contribution in [0.3, 0.4) is 0 Å². The van der Waals surface area contributed by atoms with Crippen molar-refractivity contribution >= 4 is 17.7 Å². The quantitative estimate of drug-likeness (QED) is 0.904. The molecule has 1 aliphatic rings. The standard InChI is InChI=1S/C15H21NO3S/c1-11-3-4-14(19-2)12(7-11)9-16-5-6-20-10-13(16)8-15(17)18/h3-4,7,13H,5-6,8-10H2,1-2H3,(H,17,18). The van der Waals surface area contributed by atoms with Crippen molar-refractivity contribution in [2.45, 2.75) is 25.9 Å². The summed E-state index contributed by atoms with van der Waals surface area (Å²) in [6.45, 7) is 3.74. The Morgan fingerprint density at radius 1 is 1.55 bits per heavy atom. The Morgan fingerprint density at radius 2 is 2.35 bits per heavy atom. The molecule has 0 amide bonds. The lowest BCUT2D eigenvalue weighted by atomic mass is 10.1. The van der Waals surface area contributed by atoms with E-state index in [4.69, 9.17) is 9.84 Å². The number of hydrogen-bond acceptors (Lipinski definition) is 4. The largest absolute Gasteiger partial charge is 0.496 e. The summed E-state index contributed by atoms with van der Waals surface area (Å²) in [5.41, 5.74) is 2.33. The second-order valence-electron chi connectivity index (χ2n) is 5.11. The van der Waals surface area contributed by atoms with Crippen LogP contribution in [0.4, 0.5) is 0 Å². The van der Waals surface area contributed by atoms with E-state index in [9.17, 15) is 4.79 Å². The van der Waals surface area contributed by atoms with Crippen molar-refractivity contribution in [1.82, 2.24) is 4.90 Å². The summed E-state index contributed by atoms with van der Waals surface area (Å²) in [5, 5.41) is 9.03. The van der Waals surface area contributed by atoms with E-state index in [-0.39, 0.29) is 12.5 Å². The summed E-state index contributed by atoms with van der Waals surface area (Å²) in [6.07, 6.45) is 0.209. The number of thioether (sulfide) groups is 1. The van der Waals surface area contributed by atoms with Crippen LogP contribution in [0.5, 0.6) is 5.75 Å². The van der Waals surface area contributed by atoms with E-state index in [0.717, 1.165) is 35.9 Å². The van der Waals surface area contributed by atoms with E-state index in [0.29, 0.717) is 0 Å². The first-order valence-electron chi connectivity index (χ1n) is 6.77. The summed E-state index contributed by atoms with van der Waals surface area (Å²) in [4.78, 5) is 13.2. The molecular formula is C15H21NO3S. The van der Waals surface area contributed by atoms with Crippen LogP contribution in [0.25, 0.3) is 0 Å². The molecule has 0 aromatic heterocycles. The van der Waals surface area contributed by atoms with Crippen LogP contribution in [-0.4, -0.2) is 47.2 Å². The molecule has 0 aliphatic carbocycles. The lowest BCUT2D eigenvalue weighted by Crippen LogP contribution is -2.43. The van der Waals surface area contributed by atoms with E-state index in [1.54, 1.807) is 7.11 Å². The number of aliphatic carboxylic acids is 1. The molecule has 2 rings (SSSR count). The smallest absolute Gasteiger partial charge is 0.304 e. The Hall–Kier alpha value is -1.20. The van der Waals surface area contributed by atoms with Gasteiger partial charge in [-0.1, -0.05) is 17.7 Å². The first-order valence-corrected chi connectivity index (χ1v) is 7.92. The van der Waals surface area contributed by atoms with Crippen molar-refractivity contribution in [3.05, 3.63) is 29.3 Å². The van der Waals surface area contributed by atoms with E-state index in [1.807, 2.05) is 23.9 Å². The Kier molecular flexibility index (Phi) is 5.31. The zero-order valence-electron chi connectivity index (χ0n) is 12.0. The van der Waals surface area contributed by atoms with Crippen LogP contribution < -0.4 is 4.74 Å². The minimum absolute atomic E-state index is 0.108. The SMILES string of the molecule is COc1ccc(C)cc1CN1CCSCC1CC(=O)O. The maximum absolute atomic E-state index is 11.0. The van der Waals surface area contributed by atoms with Crippen LogP contribution in [0, 0.1) is 6.92 Å². The van der Waals surface area contributed by atoms with Crippen molar-refractivity contribution in [1.29, 1.82) is 0 Å². The van der Waals surface area contributed by atoms with Gasteiger partial charge in [-0.2, -0.15) is 11.8 Å². The van der Waals surface area contributed by atoms with Gasteiger partial charge in [-0.3, -0.25) is 9.69 Å². The molecule has 1 fully saturated rings. The third kappa shape index (κ3) is 3.90. The number of rotatable bonds is 5. The fraction of sp³-hybridized carbons (Fsp3) is 0.533. The number of benzene rings is 1. The highest BCUT2D eigenvalue weighted by atomic mass is 32.2. The summed E-state index contributed by atoms with van der Waals surface area (Å²) in [7, 11) is 1.68. The van der Waals surface area contributed by atoms with Gasteiger partial charge < -0.3 is 9.84 Å². The second kappa shape index (κ2) is 6.99. The molecule has 1 saturated heterocycles. The first-order chi connectivity index (χ1) is 9.60. The third-order valence-electron chi connectivity index (χ3n) is 3.57.